The van der Waals surface area contributed by atoms with Crippen molar-refractivity contribution in [3.63, 3.8) is 0 Å². The van der Waals surface area contributed by atoms with Crippen LogP contribution in [0.2, 0.25) is 0 Å². The maximum absolute atomic E-state index is 12.4. The highest BCUT2D eigenvalue weighted by Crippen LogP contribution is 2.37. The Balaban J connectivity index is 1.74. The number of hydrogen-bond acceptors (Lipinski definition) is 6. The van der Waals surface area contributed by atoms with E-state index in [4.69, 9.17) is 9.47 Å². The van der Waals surface area contributed by atoms with Crippen molar-refractivity contribution in [2.75, 3.05) is 32.1 Å². The van der Waals surface area contributed by atoms with E-state index in [1.807, 2.05) is 31.2 Å². The molecule has 2 aromatic rings. The fourth-order valence-electron chi connectivity index (χ4n) is 3.39. The maximum Gasteiger partial charge on any atom is 0.341 e. The zero-order valence-corrected chi connectivity index (χ0v) is 17.4. The van der Waals surface area contributed by atoms with Gasteiger partial charge in [-0.3, -0.25) is 9.69 Å². The Morgan fingerprint density at radius 3 is 2.79 bits per heavy atom. The molecule has 0 aliphatic carbocycles. The van der Waals surface area contributed by atoms with Gasteiger partial charge in [-0.1, -0.05) is 25.1 Å². The van der Waals surface area contributed by atoms with Crippen molar-refractivity contribution in [2.45, 2.75) is 33.2 Å². The van der Waals surface area contributed by atoms with Crippen LogP contribution in [0.4, 0.5) is 5.00 Å². The highest BCUT2D eigenvalue weighted by atomic mass is 32.1. The molecule has 0 saturated heterocycles. The summed E-state index contributed by atoms with van der Waals surface area (Å²) in [6, 6.07) is 7.54. The number of carbonyl (C=O) groups excluding carboxylic acids is 2. The van der Waals surface area contributed by atoms with E-state index in [2.05, 4.69) is 17.1 Å². The van der Waals surface area contributed by atoms with E-state index in [1.54, 1.807) is 0 Å². The predicted molar refractivity (Wildman–Crippen MR) is 110 cm³/mol. The third-order valence-electron chi connectivity index (χ3n) is 4.77. The first-order valence-electron chi connectivity index (χ1n) is 9.47. The summed E-state index contributed by atoms with van der Waals surface area (Å²) in [5.74, 6) is -0.0273. The zero-order valence-electron chi connectivity index (χ0n) is 16.5. The third-order valence-corrected chi connectivity index (χ3v) is 5.90. The minimum Gasteiger partial charge on any atom is -0.483 e. The largest absolute Gasteiger partial charge is 0.483 e. The number of nitrogens with one attached hydrogen (secondary N) is 1. The van der Waals surface area contributed by atoms with Gasteiger partial charge in [0.15, 0.2) is 6.61 Å². The first kappa shape index (κ1) is 20.4. The fraction of sp³-hybridized carbons (Fsp3) is 0.429. The lowest BCUT2D eigenvalue weighted by Gasteiger charge is -2.26. The number of thiophene rings is 1. The summed E-state index contributed by atoms with van der Waals surface area (Å²) >= 11 is 1.46. The molecule has 3 rings (SSSR count). The molecule has 28 heavy (non-hydrogen) atoms. The summed E-state index contributed by atoms with van der Waals surface area (Å²) in [6.07, 6.45) is 1.87. The van der Waals surface area contributed by atoms with Crippen molar-refractivity contribution in [1.29, 1.82) is 0 Å². The molecule has 1 aliphatic rings. The molecule has 1 amide bonds. The molecular formula is C21H26N2O4S. The second-order valence-electron chi connectivity index (χ2n) is 6.83. The Labute approximate surface area is 169 Å². The van der Waals surface area contributed by atoms with Crippen LogP contribution in [-0.4, -0.2) is 43.6 Å². The number of para-hydroxylation sites is 1. The Morgan fingerprint density at radius 1 is 1.29 bits per heavy atom. The lowest BCUT2D eigenvalue weighted by atomic mass is 10.0. The molecule has 150 valence electrons. The normalized spacial score (nSPS) is 13.7. The Bertz CT molecular complexity index is 862. The molecule has 0 unspecified atom stereocenters. The quantitative estimate of drug-likeness (QED) is 0.717. The van der Waals surface area contributed by atoms with Gasteiger partial charge in [0.1, 0.15) is 10.8 Å². The van der Waals surface area contributed by atoms with Gasteiger partial charge in [-0.05, 0) is 43.5 Å². The topological polar surface area (TPSA) is 67.9 Å². The van der Waals surface area contributed by atoms with E-state index in [9.17, 15) is 9.59 Å². The number of rotatable bonds is 7. The zero-order chi connectivity index (χ0) is 20.1. The van der Waals surface area contributed by atoms with Crippen molar-refractivity contribution < 1.29 is 19.1 Å². The minimum absolute atomic E-state index is 0.115. The first-order chi connectivity index (χ1) is 13.5. The minimum atomic E-state index is -0.406. The number of esters is 1. The molecule has 0 bridgehead atoms. The van der Waals surface area contributed by atoms with Crippen molar-refractivity contribution in [3.05, 3.63) is 45.8 Å². The van der Waals surface area contributed by atoms with Crippen LogP contribution in [0.15, 0.2) is 24.3 Å². The highest BCUT2D eigenvalue weighted by molar-refractivity contribution is 7.17. The molecule has 0 saturated carbocycles. The lowest BCUT2D eigenvalue weighted by molar-refractivity contribution is -0.118. The molecule has 0 atom stereocenters. The van der Waals surface area contributed by atoms with Crippen LogP contribution in [0.25, 0.3) is 0 Å². The average molecular weight is 403 g/mol. The van der Waals surface area contributed by atoms with Gasteiger partial charge >= 0.3 is 5.97 Å². The van der Waals surface area contributed by atoms with Crippen molar-refractivity contribution in [1.82, 2.24) is 4.90 Å². The van der Waals surface area contributed by atoms with Crippen LogP contribution >= 0.6 is 11.3 Å². The Morgan fingerprint density at radius 2 is 2.07 bits per heavy atom. The summed E-state index contributed by atoms with van der Waals surface area (Å²) in [5.41, 5.74) is 2.45. The highest BCUT2D eigenvalue weighted by Gasteiger charge is 2.29. The van der Waals surface area contributed by atoms with Crippen molar-refractivity contribution in [3.8, 4) is 5.75 Å². The summed E-state index contributed by atoms with van der Waals surface area (Å²) in [7, 11) is 1.37. The third kappa shape index (κ3) is 4.54. The molecule has 0 fully saturated rings. The van der Waals surface area contributed by atoms with Crippen molar-refractivity contribution >= 4 is 28.2 Å². The van der Waals surface area contributed by atoms with Gasteiger partial charge in [-0.15, -0.1) is 11.3 Å². The van der Waals surface area contributed by atoms with Crippen LogP contribution < -0.4 is 10.1 Å². The predicted octanol–water partition coefficient (Wildman–Crippen LogP) is 3.63. The lowest BCUT2D eigenvalue weighted by Crippen LogP contribution is -2.30. The maximum atomic E-state index is 12.4. The van der Waals surface area contributed by atoms with Gasteiger partial charge in [-0.2, -0.15) is 0 Å². The van der Waals surface area contributed by atoms with Crippen LogP contribution in [0.3, 0.4) is 0 Å². The summed E-state index contributed by atoms with van der Waals surface area (Å²) in [6.45, 7) is 6.70. The number of amides is 1. The summed E-state index contributed by atoms with van der Waals surface area (Å²) in [4.78, 5) is 28.3. The monoisotopic (exact) mass is 402 g/mol. The van der Waals surface area contributed by atoms with E-state index < -0.39 is 5.97 Å². The molecule has 1 aromatic heterocycles. The number of aryl methyl sites for hydroxylation is 1. The standard InChI is InChI=1S/C21H26N2O4S/c1-4-10-23-11-9-15-17(12-23)28-20(19(15)21(25)26-3)22-18(24)13-27-16-8-6-5-7-14(16)2/h5-8H,4,9-13H2,1-3H3,(H,22,24). The van der Waals surface area contributed by atoms with Gasteiger partial charge in [0, 0.05) is 18.0 Å². The number of nitrogens with zero attached hydrogens (tertiary/aromatic N) is 1. The van der Waals surface area contributed by atoms with Crippen LogP contribution in [0.5, 0.6) is 5.75 Å². The molecule has 1 N–H and O–H groups in total. The smallest absolute Gasteiger partial charge is 0.341 e. The molecule has 6 nitrogen and oxygen atoms in total. The van der Waals surface area contributed by atoms with E-state index in [-0.39, 0.29) is 12.5 Å². The van der Waals surface area contributed by atoms with Gasteiger partial charge in [0.2, 0.25) is 0 Å². The SMILES string of the molecule is CCCN1CCc2c(sc(NC(=O)COc3ccccc3C)c2C(=O)OC)C1. The number of ether oxygens (including phenoxy) is 2. The summed E-state index contributed by atoms with van der Waals surface area (Å²) < 4.78 is 10.6. The van der Waals surface area contributed by atoms with E-state index >= 15 is 0 Å². The van der Waals surface area contributed by atoms with Gasteiger partial charge < -0.3 is 14.8 Å². The Hall–Kier alpha value is -2.38. The number of carbonyl (C=O) groups is 2. The second kappa shape index (κ2) is 9.21. The number of benzene rings is 1. The second-order valence-corrected chi connectivity index (χ2v) is 7.93. The van der Waals surface area contributed by atoms with Crippen LogP contribution in [-0.2, 0) is 22.5 Å². The Kier molecular flexibility index (Phi) is 6.70. The first-order valence-corrected chi connectivity index (χ1v) is 10.3. The average Bonchev–Trinajstić information content (AvgIpc) is 3.04. The molecule has 0 spiro atoms. The molecule has 0 radical (unpaired) electrons. The molecule has 1 aromatic carbocycles. The van der Waals surface area contributed by atoms with Gasteiger partial charge in [-0.25, -0.2) is 4.79 Å². The number of fused-ring (bicyclic) bond motifs is 1. The fourth-order valence-corrected chi connectivity index (χ4v) is 4.69. The van der Waals surface area contributed by atoms with Gasteiger partial charge in [0.25, 0.3) is 5.91 Å². The van der Waals surface area contributed by atoms with Crippen LogP contribution in [0.1, 0.15) is 39.7 Å². The van der Waals surface area contributed by atoms with Crippen LogP contribution in [0, 0.1) is 6.92 Å². The number of methoxy groups -OCH3 is 1. The molecular weight excluding hydrogens is 376 g/mol. The van der Waals surface area contributed by atoms with E-state index in [0.29, 0.717) is 16.3 Å². The molecule has 7 heteroatoms. The molecule has 2 heterocycles. The number of anilines is 1. The van der Waals surface area contributed by atoms with E-state index in [1.165, 1.54) is 18.4 Å². The van der Waals surface area contributed by atoms with E-state index in [0.717, 1.165) is 48.5 Å². The van der Waals surface area contributed by atoms with Crippen molar-refractivity contribution in [2.24, 2.45) is 0 Å². The van der Waals surface area contributed by atoms with Gasteiger partial charge in [0.05, 0.1) is 12.7 Å². The number of hydrogen-bond donors (Lipinski definition) is 1. The molecule has 1 aliphatic heterocycles. The summed E-state index contributed by atoms with van der Waals surface area (Å²) in [5, 5.41) is 3.40.